The van der Waals surface area contributed by atoms with Gasteiger partial charge in [-0.25, -0.2) is 4.68 Å². The quantitative estimate of drug-likeness (QED) is 0.231. The lowest BCUT2D eigenvalue weighted by Gasteiger charge is -2.40. The number of methoxy groups -OCH3 is 1. The maximum atomic E-state index is 9.84. The SMILES string of the molecule is COC[C@@H](C)Nc1c(C#N)cnc2c(N[C@@H](c3ccccc3)c3cn(C4CCN(C(C)(C)C)CC4)nn3)cc(Cl)cc12. The predicted octanol–water partition coefficient (Wildman–Crippen LogP) is 6.44. The monoisotopic (exact) mass is 586 g/mol. The predicted molar refractivity (Wildman–Crippen MR) is 168 cm³/mol. The highest BCUT2D eigenvalue weighted by Gasteiger charge is 2.29. The second kappa shape index (κ2) is 12.7. The van der Waals surface area contributed by atoms with Gasteiger partial charge in [0.2, 0.25) is 0 Å². The van der Waals surface area contributed by atoms with Gasteiger partial charge in [0.15, 0.2) is 0 Å². The molecule has 1 aliphatic rings. The van der Waals surface area contributed by atoms with E-state index in [2.05, 4.69) is 71.0 Å². The molecule has 1 fully saturated rings. The standard InChI is InChI=1S/C32H39ClN8O/c1-21(20-42-5)36-29-23(17-34)18-35-31-26(29)15-24(33)16-27(31)37-30(22-9-7-6-8-10-22)28-19-41(39-38-28)25-11-13-40(14-12-25)32(2,3)4/h6-10,15-16,18-19,21,25,30,37H,11-14,20H2,1-5H3,(H,35,36)/t21-,30+/m1/s1. The largest absolute Gasteiger partial charge is 0.383 e. The van der Waals surface area contributed by atoms with Crippen LogP contribution in [0, 0.1) is 11.3 Å². The molecular formula is C32H39ClN8O. The lowest BCUT2D eigenvalue weighted by molar-refractivity contribution is 0.0866. The van der Waals surface area contributed by atoms with Crippen molar-refractivity contribution in [3.63, 3.8) is 0 Å². The van der Waals surface area contributed by atoms with Gasteiger partial charge in [0.25, 0.3) is 0 Å². The van der Waals surface area contributed by atoms with Gasteiger partial charge >= 0.3 is 0 Å². The van der Waals surface area contributed by atoms with Gasteiger partial charge < -0.3 is 15.4 Å². The highest BCUT2D eigenvalue weighted by molar-refractivity contribution is 6.32. The van der Waals surface area contributed by atoms with E-state index in [-0.39, 0.29) is 17.6 Å². The smallest absolute Gasteiger partial charge is 0.109 e. The summed E-state index contributed by atoms with van der Waals surface area (Å²) in [5, 5.41) is 27.5. The number of rotatable bonds is 9. The molecule has 2 N–H and O–H groups in total. The number of anilines is 2. The Hall–Kier alpha value is -3.71. The number of nitrogens with zero attached hydrogens (tertiary/aromatic N) is 6. The fourth-order valence-corrected chi connectivity index (χ4v) is 5.91. The summed E-state index contributed by atoms with van der Waals surface area (Å²) in [6.07, 6.45) is 5.73. The zero-order valence-electron chi connectivity index (χ0n) is 24.9. The number of hydrogen-bond donors (Lipinski definition) is 2. The first-order valence-corrected chi connectivity index (χ1v) is 14.8. The molecule has 9 nitrogen and oxygen atoms in total. The summed E-state index contributed by atoms with van der Waals surface area (Å²) in [6.45, 7) is 11.4. The molecule has 2 atom stereocenters. The zero-order chi connectivity index (χ0) is 29.9. The van der Waals surface area contributed by atoms with Crippen molar-refractivity contribution in [2.45, 2.75) is 64.2 Å². The van der Waals surface area contributed by atoms with Crippen LogP contribution in [-0.4, -0.2) is 63.3 Å². The van der Waals surface area contributed by atoms with E-state index in [9.17, 15) is 5.26 Å². The van der Waals surface area contributed by atoms with Crippen LogP contribution in [0.5, 0.6) is 0 Å². The third kappa shape index (κ3) is 6.51. The average molecular weight is 587 g/mol. The minimum absolute atomic E-state index is 0.0227. The van der Waals surface area contributed by atoms with E-state index in [1.165, 1.54) is 0 Å². The number of likely N-dealkylation sites (tertiary alicyclic amines) is 1. The second-order valence-electron chi connectivity index (χ2n) is 12.0. The molecule has 0 unspecified atom stereocenters. The number of halogens is 1. The van der Waals surface area contributed by atoms with Crippen LogP contribution < -0.4 is 10.6 Å². The van der Waals surface area contributed by atoms with E-state index in [1.54, 1.807) is 13.3 Å². The summed E-state index contributed by atoms with van der Waals surface area (Å²) in [5.74, 6) is 0. The highest BCUT2D eigenvalue weighted by Crippen LogP contribution is 2.37. The number of fused-ring (bicyclic) bond motifs is 1. The topological polar surface area (TPSA) is 104 Å². The first kappa shape index (κ1) is 29.8. The molecule has 2 aromatic heterocycles. The van der Waals surface area contributed by atoms with Crippen LogP contribution in [0.15, 0.2) is 54.9 Å². The highest BCUT2D eigenvalue weighted by atomic mass is 35.5. The average Bonchev–Trinajstić information content (AvgIpc) is 3.46. The van der Waals surface area contributed by atoms with Gasteiger partial charge in [-0.2, -0.15) is 5.26 Å². The van der Waals surface area contributed by atoms with Crippen molar-refractivity contribution >= 4 is 33.9 Å². The summed E-state index contributed by atoms with van der Waals surface area (Å²) in [5.41, 5.74) is 4.59. The third-order valence-electron chi connectivity index (χ3n) is 7.91. The number of nitrogens with one attached hydrogen (secondary N) is 2. The summed E-state index contributed by atoms with van der Waals surface area (Å²) >= 11 is 6.67. The van der Waals surface area contributed by atoms with Gasteiger partial charge in [-0.15, -0.1) is 5.10 Å². The van der Waals surface area contributed by atoms with E-state index in [4.69, 9.17) is 21.3 Å². The molecule has 220 valence electrons. The van der Waals surface area contributed by atoms with Crippen LogP contribution >= 0.6 is 11.6 Å². The summed E-state index contributed by atoms with van der Waals surface area (Å²) in [6, 6.07) is 16.1. The molecule has 0 radical (unpaired) electrons. The molecule has 1 saturated heterocycles. The zero-order valence-corrected chi connectivity index (χ0v) is 25.7. The fraction of sp³-hybridized carbons (Fsp3) is 0.438. The summed E-state index contributed by atoms with van der Waals surface area (Å²) < 4.78 is 7.34. The van der Waals surface area contributed by atoms with E-state index >= 15 is 0 Å². The molecule has 10 heteroatoms. The Balaban J connectivity index is 1.50. The maximum absolute atomic E-state index is 9.84. The van der Waals surface area contributed by atoms with Crippen LogP contribution in [0.3, 0.4) is 0 Å². The van der Waals surface area contributed by atoms with Gasteiger partial charge in [-0.3, -0.25) is 9.88 Å². The molecule has 0 saturated carbocycles. The van der Waals surface area contributed by atoms with Gasteiger partial charge in [0.1, 0.15) is 11.8 Å². The first-order chi connectivity index (χ1) is 20.2. The lowest BCUT2D eigenvalue weighted by Crippen LogP contribution is -2.46. The van der Waals surface area contributed by atoms with E-state index in [1.807, 2.05) is 41.9 Å². The Kier molecular flexibility index (Phi) is 8.97. The van der Waals surface area contributed by atoms with E-state index in [0.29, 0.717) is 34.4 Å². The number of hydrogen-bond acceptors (Lipinski definition) is 8. The minimum atomic E-state index is -0.294. The van der Waals surface area contributed by atoms with Crippen LogP contribution in [0.2, 0.25) is 5.02 Å². The maximum Gasteiger partial charge on any atom is 0.109 e. The number of ether oxygens (including phenoxy) is 1. The Morgan fingerprint density at radius 2 is 1.88 bits per heavy atom. The van der Waals surface area contributed by atoms with Crippen molar-refractivity contribution < 1.29 is 4.74 Å². The van der Waals surface area contributed by atoms with Crippen LogP contribution in [-0.2, 0) is 4.74 Å². The van der Waals surface area contributed by atoms with Crippen molar-refractivity contribution in [2.24, 2.45) is 0 Å². The third-order valence-corrected chi connectivity index (χ3v) is 8.13. The van der Waals surface area contributed by atoms with Gasteiger partial charge in [-0.05, 0) is 58.2 Å². The number of pyridine rings is 1. The Bertz CT molecular complexity index is 1550. The van der Waals surface area contributed by atoms with Crippen molar-refractivity contribution in [3.05, 3.63) is 76.7 Å². The van der Waals surface area contributed by atoms with Crippen molar-refractivity contribution in [3.8, 4) is 6.07 Å². The molecule has 0 amide bonds. The van der Waals surface area contributed by atoms with Crippen molar-refractivity contribution in [2.75, 3.05) is 37.4 Å². The lowest BCUT2D eigenvalue weighted by atomic mass is 9.98. The molecule has 4 aromatic rings. The van der Waals surface area contributed by atoms with E-state index < -0.39 is 0 Å². The van der Waals surface area contributed by atoms with Crippen molar-refractivity contribution in [1.82, 2.24) is 24.9 Å². The Morgan fingerprint density at radius 3 is 2.55 bits per heavy atom. The normalized spacial score (nSPS) is 16.2. The molecule has 0 spiro atoms. The first-order valence-electron chi connectivity index (χ1n) is 14.4. The number of aromatic nitrogens is 4. The molecule has 0 aliphatic carbocycles. The molecular weight excluding hydrogens is 548 g/mol. The van der Waals surface area contributed by atoms with Crippen LogP contribution in [0.1, 0.15) is 69.4 Å². The Morgan fingerprint density at radius 1 is 1.14 bits per heavy atom. The van der Waals surface area contributed by atoms with Crippen molar-refractivity contribution in [1.29, 1.82) is 5.26 Å². The molecule has 0 bridgehead atoms. The van der Waals surface area contributed by atoms with Crippen LogP contribution in [0.25, 0.3) is 10.9 Å². The molecule has 5 rings (SSSR count). The molecule has 2 aromatic carbocycles. The van der Waals surface area contributed by atoms with Crippen LogP contribution in [0.4, 0.5) is 11.4 Å². The molecule has 42 heavy (non-hydrogen) atoms. The van der Waals surface area contributed by atoms with Gasteiger partial charge in [-0.1, -0.05) is 47.1 Å². The van der Waals surface area contributed by atoms with Gasteiger partial charge in [0.05, 0.1) is 47.3 Å². The van der Waals surface area contributed by atoms with Gasteiger partial charge in [0, 0.05) is 48.4 Å². The number of benzene rings is 2. The minimum Gasteiger partial charge on any atom is -0.383 e. The Labute approximate surface area is 252 Å². The molecule has 3 heterocycles. The fourth-order valence-electron chi connectivity index (χ4n) is 5.69. The number of nitriles is 1. The number of piperidine rings is 1. The second-order valence-corrected chi connectivity index (χ2v) is 12.4. The summed E-state index contributed by atoms with van der Waals surface area (Å²) in [4.78, 5) is 7.22. The summed E-state index contributed by atoms with van der Waals surface area (Å²) in [7, 11) is 1.65. The molecule has 1 aliphatic heterocycles. The van der Waals surface area contributed by atoms with E-state index in [0.717, 1.165) is 48.3 Å².